The van der Waals surface area contributed by atoms with E-state index in [1.54, 1.807) is 0 Å². The van der Waals surface area contributed by atoms with Gasteiger partial charge in [0.1, 0.15) is 0 Å². The molecule has 5 aromatic carbocycles. The van der Waals surface area contributed by atoms with Gasteiger partial charge < -0.3 is 24.8 Å². The van der Waals surface area contributed by atoms with E-state index in [2.05, 4.69) is 81.3 Å². The van der Waals surface area contributed by atoms with Gasteiger partial charge in [0, 0.05) is 0 Å². The minimum Gasteiger partial charge on any atom is -1.00 e. The molecule has 6 rings (SSSR count). The Morgan fingerprint density at radius 1 is 0.696 bits per heavy atom. The van der Waals surface area contributed by atoms with E-state index in [9.17, 15) is 0 Å². The fraction of sp³-hybridized carbons (Fsp3) is 0.395. The summed E-state index contributed by atoms with van der Waals surface area (Å²) in [5, 5.41) is 5.71. The first-order valence-electron chi connectivity index (χ1n) is 17.0. The van der Waals surface area contributed by atoms with Crippen molar-refractivity contribution < 1.29 is 49.0 Å². The van der Waals surface area contributed by atoms with Gasteiger partial charge in [-0.25, -0.2) is 12.1 Å². The van der Waals surface area contributed by atoms with E-state index in [0.717, 1.165) is 12.8 Å². The van der Waals surface area contributed by atoms with Gasteiger partial charge in [-0.15, -0.1) is 33.7 Å². The Morgan fingerprint density at radius 3 is 1.91 bits per heavy atom. The first-order chi connectivity index (χ1) is 21.5. The van der Waals surface area contributed by atoms with Gasteiger partial charge in [0.05, 0.1) is 0 Å². The summed E-state index contributed by atoms with van der Waals surface area (Å²) in [6.45, 7) is 11.6. The minimum absolute atomic E-state index is 0. The number of fused-ring (bicyclic) bond motifs is 8. The zero-order valence-corrected chi connectivity index (χ0v) is 32.8. The summed E-state index contributed by atoms with van der Waals surface area (Å²) in [4.78, 5) is 0. The van der Waals surface area contributed by atoms with Crippen LogP contribution >= 0.6 is 0 Å². The molecule has 0 atom stereocenters. The number of aryl methyl sites for hydroxylation is 4. The molecule has 5 aromatic rings. The van der Waals surface area contributed by atoms with E-state index in [-0.39, 0.29) is 24.8 Å². The van der Waals surface area contributed by atoms with Crippen LogP contribution < -0.4 is 24.8 Å². The van der Waals surface area contributed by atoms with Crippen LogP contribution in [-0.2, 0) is 37.1 Å². The molecule has 0 aliphatic heterocycles. The van der Waals surface area contributed by atoms with Crippen LogP contribution in [0.1, 0.15) is 110 Å². The standard InChI is InChI=1S/C37H45.C5H5.CH2.2ClH.Zr/c1-6-7-8-9-10-11-12-13-14-15-18-29-23-33-34-24-30-19-16-17-20-31(30)37(34)32-22-21-25(2)26(3)35(32)36(33)28(5)27(29)4;1-2-4-5-3-1;;;;/h16-17,19-22H,6-15,18,24H2,1-5H3;1-5H;1H2;2*1H;/q2*-1;;;;+2/p-2. The summed E-state index contributed by atoms with van der Waals surface area (Å²) in [6, 6.07) is 27.8. The molecule has 0 saturated heterocycles. The molecular formula is C43H52Cl2Zr-2. The Labute approximate surface area is 307 Å². The average Bonchev–Trinajstić information content (AvgIpc) is 3.76. The molecule has 0 nitrogen and oxygen atoms in total. The van der Waals surface area contributed by atoms with E-state index in [0.29, 0.717) is 0 Å². The summed E-state index contributed by atoms with van der Waals surface area (Å²) in [5.41, 5.74) is 13.0. The van der Waals surface area contributed by atoms with Crippen LogP contribution in [0.4, 0.5) is 0 Å². The molecule has 0 aromatic heterocycles. The monoisotopic (exact) mass is 728 g/mol. The second-order valence-corrected chi connectivity index (χ2v) is 12.6. The molecule has 244 valence electrons. The van der Waals surface area contributed by atoms with Crippen molar-refractivity contribution in [3.8, 4) is 11.1 Å². The second-order valence-electron chi connectivity index (χ2n) is 12.6. The van der Waals surface area contributed by atoms with Crippen molar-refractivity contribution in [1.29, 1.82) is 0 Å². The summed E-state index contributed by atoms with van der Waals surface area (Å²) >= 11 is 1.30. The van der Waals surface area contributed by atoms with Crippen molar-refractivity contribution in [2.24, 2.45) is 0 Å². The minimum atomic E-state index is 0. The normalized spacial score (nSPS) is 11.0. The zero-order valence-electron chi connectivity index (χ0n) is 28.8. The third-order valence-electron chi connectivity index (χ3n) is 9.76. The van der Waals surface area contributed by atoms with Crippen molar-refractivity contribution in [1.82, 2.24) is 0 Å². The first-order valence-corrected chi connectivity index (χ1v) is 18.8. The SMILES string of the molecule is CCCCCCCCCCCCc1[c-]c2c3c(c4ccc(C)c(C)c4c2c(C)c1C)-c1ccccc1C3.[CH2]=[Zr+2].[Cl-].[Cl-].c1cc[cH-]c1. The van der Waals surface area contributed by atoms with Crippen LogP contribution in [0, 0.1) is 33.8 Å². The Kier molecular flexibility index (Phi) is 17.9. The first kappa shape index (κ1) is 40.3. The van der Waals surface area contributed by atoms with Crippen molar-refractivity contribution >= 4 is 25.8 Å². The molecule has 0 unspecified atom stereocenters. The van der Waals surface area contributed by atoms with E-state index >= 15 is 0 Å². The van der Waals surface area contributed by atoms with Crippen molar-refractivity contribution in [3.05, 3.63) is 112 Å². The van der Waals surface area contributed by atoms with Crippen LogP contribution in [0.2, 0.25) is 0 Å². The topological polar surface area (TPSA) is 0 Å². The molecule has 1 aliphatic carbocycles. The van der Waals surface area contributed by atoms with Crippen LogP contribution in [0.5, 0.6) is 0 Å². The van der Waals surface area contributed by atoms with Crippen molar-refractivity contribution in [2.45, 2.75) is 112 Å². The number of hydrogen-bond acceptors (Lipinski definition) is 0. The van der Waals surface area contributed by atoms with Gasteiger partial charge in [0.2, 0.25) is 0 Å². The van der Waals surface area contributed by atoms with Crippen LogP contribution in [0.25, 0.3) is 32.7 Å². The number of rotatable bonds is 11. The Bertz CT molecular complexity index is 1630. The van der Waals surface area contributed by atoms with Gasteiger partial charge in [-0.3, -0.25) is 0 Å². The molecular weight excluding hydrogens is 679 g/mol. The van der Waals surface area contributed by atoms with Gasteiger partial charge in [0.25, 0.3) is 0 Å². The molecule has 0 N–H and O–H groups in total. The molecule has 0 radical (unpaired) electrons. The number of hydrogen-bond donors (Lipinski definition) is 0. The fourth-order valence-corrected chi connectivity index (χ4v) is 7.03. The molecule has 0 fully saturated rings. The molecule has 0 heterocycles. The third kappa shape index (κ3) is 9.37. The van der Waals surface area contributed by atoms with Gasteiger partial charge in [-0.05, 0) is 65.3 Å². The van der Waals surface area contributed by atoms with Gasteiger partial charge in [0.15, 0.2) is 0 Å². The van der Waals surface area contributed by atoms with Gasteiger partial charge >= 0.3 is 28.4 Å². The maximum absolute atomic E-state index is 4.04. The maximum Gasteiger partial charge on any atom is -0.172 e. The third-order valence-corrected chi connectivity index (χ3v) is 9.76. The van der Waals surface area contributed by atoms with Crippen molar-refractivity contribution in [3.63, 3.8) is 0 Å². The summed E-state index contributed by atoms with van der Waals surface area (Å²) < 4.78 is 3.34. The molecule has 0 saturated carbocycles. The zero-order chi connectivity index (χ0) is 31.5. The maximum atomic E-state index is 4.04. The Morgan fingerprint density at radius 2 is 1.30 bits per heavy atom. The van der Waals surface area contributed by atoms with Crippen LogP contribution in [-0.4, -0.2) is 4.21 Å². The van der Waals surface area contributed by atoms with Crippen LogP contribution in [0.15, 0.2) is 66.7 Å². The summed E-state index contributed by atoms with van der Waals surface area (Å²) in [5.74, 6) is 0. The van der Waals surface area contributed by atoms with Crippen molar-refractivity contribution in [2.75, 3.05) is 0 Å². The molecule has 1 aliphatic rings. The van der Waals surface area contributed by atoms with Gasteiger partial charge in [-0.1, -0.05) is 127 Å². The second kappa shape index (κ2) is 20.4. The largest absolute Gasteiger partial charge is 1.00 e. The molecule has 0 spiro atoms. The summed E-state index contributed by atoms with van der Waals surface area (Å²) in [6.07, 6.45) is 16.1. The van der Waals surface area contributed by atoms with E-state index in [1.165, 1.54) is 160 Å². The number of unbranched alkanes of at least 4 members (excludes halogenated alkanes) is 9. The number of halogens is 2. The quantitative estimate of drug-likeness (QED) is 0.0819. The van der Waals surface area contributed by atoms with E-state index < -0.39 is 0 Å². The Balaban J connectivity index is 0.000000736. The predicted molar refractivity (Wildman–Crippen MR) is 192 cm³/mol. The molecule has 0 amide bonds. The smallest absolute Gasteiger partial charge is 0.172 e. The molecule has 0 bridgehead atoms. The molecule has 3 heteroatoms. The fourth-order valence-electron chi connectivity index (χ4n) is 7.03. The average molecular weight is 731 g/mol. The van der Waals surface area contributed by atoms with Gasteiger partial charge in [-0.2, -0.15) is 18.2 Å². The van der Waals surface area contributed by atoms with E-state index in [4.69, 9.17) is 0 Å². The Hall–Kier alpha value is -1.92. The summed E-state index contributed by atoms with van der Waals surface area (Å²) in [7, 11) is 0. The number of benzene rings is 4. The predicted octanol–water partition coefficient (Wildman–Crippen LogP) is 6.44. The van der Waals surface area contributed by atoms with E-state index in [1.807, 2.05) is 30.3 Å². The molecule has 46 heavy (non-hydrogen) atoms. The van der Waals surface area contributed by atoms with Crippen LogP contribution in [0.3, 0.4) is 0 Å².